The first-order chi connectivity index (χ1) is 7.61. The van der Waals surface area contributed by atoms with Crippen LogP contribution in [0.25, 0.3) is 11.3 Å². The van der Waals surface area contributed by atoms with Crippen LogP contribution in [0.5, 0.6) is 5.75 Å². The van der Waals surface area contributed by atoms with Gasteiger partial charge in [-0.25, -0.2) is 4.98 Å². The summed E-state index contributed by atoms with van der Waals surface area (Å²) in [6.07, 6.45) is 0. The number of benzene rings is 1. The number of H-pyrrole nitrogens is 1. The molecule has 0 unspecified atom stereocenters. The Labute approximate surface area is 107 Å². The van der Waals surface area contributed by atoms with Crippen molar-refractivity contribution in [3.05, 3.63) is 33.6 Å². The van der Waals surface area contributed by atoms with Gasteiger partial charge in [0.1, 0.15) is 21.9 Å². The molecule has 2 rings (SSSR count). The van der Waals surface area contributed by atoms with Gasteiger partial charge < -0.3 is 9.72 Å². The second kappa shape index (κ2) is 4.47. The van der Waals surface area contributed by atoms with E-state index in [-0.39, 0.29) is 0 Å². The number of methoxy groups -OCH3 is 1. The van der Waals surface area contributed by atoms with Crippen LogP contribution in [0.3, 0.4) is 0 Å². The Bertz CT molecular complexity index is 525. The number of aromatic nitrogens is 2. The molecule has 0 saturated carbocycles. The SMILES string of the molecule is COc1ccc(-c2nc(C)[nH]c2Br)c(Cl)c1. The lowest BCUT2D eigenvalue weighted by molar-refractivity contribution is 0.415. The van der Waals surface area contributed by atoms with Crippen molar-refractivity contribution in [2.45, 2.75) is 6.92 Å². The van der Waals surface area contributed by atoms with Crippen LogP contribution in [-0.2, 0) is 0 Å². The van der Waals surface area contributed by atoms with Crippen LogP contribution < -0.4 is 4.74 Å². The highest BCUT2D eigenvalue weighted by atomic mass is 79.9. The van der Waals surface area contributed by atoms with E-state index >= 15 is 0 Å². The predicted molar refractivity (Wildman–Crippen MR) is 68.0 cm³/mol. The molecule has 3 nitrogen and oxygen atoms in total. The average Bonchev–Trinajstić information content (AvgIpc) is 2.57. The molecule has 0 spiro atoms. The van der Waals surface area contributed by atoms with E-state index in [1.165, 1.54) is 0 Å². The Hall–Kier alpha value is -1.00. The average molecular weight is 302 g/mol. The zero-order valence-corrected chi connectivity index (χ0v) is 11.2. The van der Waals surface area contributed by atoms with Crippen molar-refractivity contribution in [2.75, 3.05) is 7.11 Å². The van der Waals surface area contributed by atoms with Crippen molar-refractivity contribution < 1.29 is 4.74 Å². The number of aryl methyl sites for hydroxylation is 1. The summed E-state index contributed by atoms with van der Waals surface area (Å²) in [6, 6.07) is 5.52. The van der Waals surface area contributed by atoms with Gasteiger partial charge in [-0.1, -0.05) is 11.6 Å². The lowest BCUT2D eigenvalue weighted by atomic mass is 10.1. The van der Waals surface area contributed by atoms with Crippen molar-refractivity contribution in [1.29, 1.82) is 0 Å². The Kier molecular flexibility index (Phi) is 3.21. The molecule has 5 heteroatoms. The Balaban J connectivity index is 2.52. The molecule has 1 aromatic carbocycles. The third kappa shape index (κ3) is 2.08. The van der Waals surface area contributed by atoms with Gasteiger partial charge >= 0.3 is 0 Å². The van der Waals surface area contributed by atoms with Gasteiger partial charge in [0.25, 0.3) is 0 Å². The van der Waals surface area contributed by atoms with Gasteiger partial charge in [0.05, 0.1) is 12.1 Å². The highest BCUT2D eigenvalue weighted by molar-refractivity contribution is 9.10. The summed E-state index contributed by atoms with van der Waals surface area (Å²) >= 11 is 9.58. The van der Waals surface area contributed by atoms with E-state index in [9.17, 15) is 0 Å². The first kappa shape index (κ1) is 11.5. The molecule has 1 aromatic heterocycles. The van der Waals surface area contributed by atoms with Crippen molar-refractivity contribution in [2.24, 2.45) is 0 Å². The van der Waals surface area contributed by atoms with E-state index in [1.54, 1.807) is 13.2 Å². The van der Waals surface area contributed by atoms with Crippen LogP contribution in [0.15, 0.2) is 22.8 Å². The van der Waals surface area contributed by atoms with Crippen LogP contribution >= 0.6 is 27.5 Å². The molecule has 16 heavy (non-hydrogen) atoms. The van der Waals surface area contributed by atoms with E-state index in [0.717, 1.165) is 27.4 Å². The van der Waals surface area contributed by atoms with Gasteiger partial charge in [0.15, 0.2) is 0 Å². The lowest BCUT2D eigenvalue weighted by Gasteiger charge is -2.04. The quantitative estimate of drug-likeness (QED) is 0.916. The van der Waals surface area contributed by atoms with Crippen molar-refractivity contribution in [1.82, 2.24) is 9.97 Å². The molecular weight excluding hydrogens is 291 g/mol. The molecule has 0 bridgehead atoms. The first-order valence-corrected chi connectivity index (χ1v) is 5.85. The Morgan fingerprint density at radius 2 is 2.19 bits per heavy atom. The van der Waals surface area contributed by atoms with E-state index in [0.29, 0.717) is 5.02 Å². The third-order valence-corrected chi connectivity index (χ3v) is 3.10. The number of aromatic amines is 1. The second-order valence-corrected chi connectivity index (χ2v) is 4.53. The van der Waals surface area contributed by atoms with Crippen LogP contribution in [0.1, 0.15) is 5.82 Å². The second-order valence-electron chi connectivity index (χ2n) is 3.33. The molecule has 1 N–H and O–H groups in total. The molecule has 0 fully saturated rings. The Morgan fingerprint density at radius 3 is 2.69 bits per heavy atom. The highest BCUT2D eigenvalue weighted by Crippen LogP contribution is 2.33. The maximum Gasteiger partial charge on any atom is 0.120 e. The van der Waals surface area contributed by atoms with Crippen LogP contribution in [0, 0.1) is 6.92 Å². The molecular formula is C11H10BrClN2O. The van der Waals surface area contributed by atoms with Gasteiger partial charge in [-0.3, -0.25) is 0 Å². The fourth-order valence-corrected chi connectivity index (χ4v) is 2.31. The van der Waals surface area contributed by atoms with Gasteiger partial charge in [-0.15, -0.1) is 0 Å². The van der Waals surface area contributed by atoms with Gasteiger partial charge in [-0.2, -0.15) is 0 Å². The summed E-state index contributed by atoms with van der Waals surface area (Å²) in [5, 5.41) is 0.617. The molecule has 84 valence electrons. The molecule has 0 aliphatic heterocycles. The summed E-state index contributed by atoms with van der Waals surface area (Å²) in [7, 11) is 1.61. The topological polar surface area (TPSA) is 37.9 Å². The largest absolute Gasteiger partial charge is 0.497 e. The lowest BCUT2D eigenvalue weighted by Crippen LogP contribution is -1.85. The van der Waals surface area contributed by atoms with E-state index in [1.807, 2.05) is 19.1 Å². The molecule has 0 radical (unpaired) electrons. The Morgan fingerprint density at radius 1 is 1.44 bits per heavy atom. The van der Waals surface area contributed by atoms with Crippen LogP contribution in [0.4, 0.5) is 0 Å². The molecule has 0 aliphatic rings. The van der Waals surface area contributed by atoms with E-state index < -0.39 is 0 Å². The normalized spacial score (nSPS) is 10.5. The van der Waals surface area contributed by atoms with Crippen LogP contribution in [-0.4, -0.2) is 17.1 Å². The number of ether oxygens (including phenoxy) is 1. The fraction of sp³-hybridized carbons (Fsp3) is 0.182. The molecule has 0 saturated heterocycles. The standard InChI is InChI=1S/C11H10BrClN2O/c1-6-14-10(11(12)15-6)8-4-3-7(16-2)5-9(8)13/h3-5H,1-2H3,(H,14,15). The summed E-state index contributed by atoms with van der Waals surface area (Å²) in [4.78, 5) is 7.45. The highest BCUT2D eigenvalue weighted by Gasteiger charge is 2.12. The number of hydrogen-bond donors (Lipinski definition) is 1. The third-order valence-electron chi connectivity index (χ3n) is 2.21. The van der Waals surface area contributed by atoms with Crippen molar-refractivity contribution in [3.8, 4) is 17.0 Å². The number of halogens is 2. The van der Waals surface area contributed by atoms with Crippen molar-refractivity contribution in [3.63, 3.8) is 0 Å². The molecule has 0 amide bonds. The zero-order chi connectivity index (χ0) is 11.7. The maximum atomic E-state index is 6.17. The number of rotatable bonds is 2. The molecule has 1 heterocycles. The smallest absolute Gasteiger partial charge is 0.120 e. The van der Waals surface area contributed by atoms with Crippen molar-refractivity contribution >= 4 is 27.5 Å². The maximum absolute atomic E-state index is 6.17. The summed E-state index contributed by atoms with van der Waals surface area (Å²) in [5.74, 6) is 1.57. The zero-order valence-electron chi connectivity index (χ0n) is 8.84. The molecule has 2 aromatic rings. The predicted octanol–water partition coefficient (Wildman–Crippen LogP) is 3.81. The summed E-state index contributed by atoms with van der Waals surface area (Å²) < 4.78 is 5.93. The molecule has 0 atom stereocenters. The first-order valence-electron chi connectivity index (χ1n) is 4.68. The number of imidazole rings is 1. The number of nitrogens with zero attached hydrogens (tertiary/aromatic N) is 1. The van der Waals surface area contributed by atoms with E-state index in [4.69, 9.17) is 16.3 Å². The summed E-state index contributed by atoms with van der Waals surface area (Å²) in [6.45, 7) is 1.89. The fourth-order valence-electron chi connectivity index (χ4n) is 1.46. The minimum absolute atomic E-state index is 0.617. The minimum Gasteiger partial charge on any atom is -0.497 e. The van der Waals surface area contributed by atoms with E-state index in [2.05, 4.69) is 25.9 Å². The van der Waals surface area contributed by atoms with Crippen LogP contribution in [0.2, 0.25) is 5.02 Å². The van der Waals surface area contributed by atoms with Gasteiger partial charge in [0, 0.05) is 5.56 Å². The van der Waals surface area contributed by atoms with Gasteiger partial charge in [0.2, 0.25) is 0 Å². The minimum atomic E-state index is 0.617. The molecule has 0 aliphatic carbocycles. The number of hydrogen-bond acceptors (Lipinski definition) is 2. The summed E-state index contributed by atoms with van der Waals surface area (Å²) in [5.41, 5.74) is 1.68. The number of nitrogens with one attached hydrogen (secondary N) is 1. The van der Waals surface area contributed by atoms with Gasteiger partial charge in [-0.05, 0) is 41.1 Å². The monoisotopic (exact) mass is 300 g/mol.